The number of rotatable bonds is 9. The minimum absolute atomic E-state index is 0.386. The molecule has 2 heterocycles. The highest BCUT2D eigenvalue weighted by Crippen LogP contribution is 2.34. The number of ether oxygens (including phenoxy) is 3. The van der Waals surface area contributed by atoms with Gasteiger partial charge in [-0.25, -0.2) is 4.98 Å². The number of aromatic nitrogens is 3. The maximum atomic E-state index is 5.88. The molecule has 0 aliphatic carbocycles. The van der Waals surface area contributed by atoms with Gasteiger partial charge in [0.05, 0.1) is 25.5 Å². The first-order chi connectivity index (χ1) is 15.1. The van der Waals surface area contributed by atoms with Crippen LogP contribution in [0.15, 0.2) is 57.5 Å². The Morgan fingerprint density at radius 1 is 1.03 bits per heavy atom. The summed E-state index contributed by atoms with van der Waals surface area (Å²) in [4.78, 5) is 4.59. The number of benzene rings is 2. The molecule has 2 aromatic heterocycles. The number of thiazole rings is 1. The maximum Gasteiger partial charge on any atom is 0.277 e. The molecule has 10 heteroatoms. The largest absolute Gasteiger partial charge is 0.497 e. The van der Waals surface area contributed by atoms with Gasteiger partial charge in [0, 0.05) is 22.2 Å². The molecule has 0 radical (unpaired) electrons. The average Bonchev–Trinajstić information content (AvgIpc) is 3.46. The molecule has 0 aliphatic heterocycles. The third-order valence-corrected chi connectivity index (χ3v) is 6.14. The predicted octanol–water partition coefficient (Wildman–Crippen LogP) is 5.74. The Bertz CT molecular complexity index is 1150. The highest BCUT2D eigenvalue weighted by molar-refractivity contribution is 7.98. The molecule has 4 rings (SSSR count). The standard InChI is InChI=1S/C21H18ClN3O4S2/c1-26-16-7-8-17(18(9-16)27-2)20-24-25-21(29-20)31-12-14-11-30-19(23-14)10-28-15-5-3-13(22)4-6-15/h3-9,11H,10,12H2,1-2H3. The van der Waals surface area contributed by atoms with Crippen LogP contribution in [0.2, 0.25) is 5.02 Å². The van der Waals surface area contributed by atoms with Crippen molar-refractivity contribution in [2.45, 2.75) is 17.6 Å². The first kappa shape index (κ1) is 21.5. The first-order valence-corrected chi connectivity index (χ1v) is 11.4. The van der Waals surface area contributed by atoms with Gasteiger partial charge in [0.25, 0.3) is 11.1 Å². The summed E-state index contributed by atoms with van der Waals surface area (Å²) in [6, 6.07) is 12.7. The molecular formula is C21H18ClN3O4S2. The summed E-state index contributed by atoms with van der Waals surface area (Å²) in [5.74, 6) is 3.04. The van der Waals surface area contributed by atoms with Crippen LogP contribution in [0, 0.1) is 0 Å². The predicted molar refractivity (Wildman–Crippen MR) is 120 cm³/mol. The Labute approximate surface area is 192 Å². The van der Waals surface area contributed by atoms with Gasteiger partial charge >= 0.3 is 0 Å². The quantitative estimate of drug-likeness (QED) is 0.284. The summed E-state index contributed by atoms with van der Waals surface area (Å²) in [7, 11) is 3.18. The summed E-state index contributed by atoms with van der Waals surface area (Å²) in [6.07, 6.45) is 0. The zero-order chi connectivity index (χ0) is 21.6. The summed E-state index contributed by atoms with van der Waals surface area (Å²) < 4.78 is 22.1. The lowest BCUT2D eigenvalue weighted by Crippen LogP contribution is -1.95. The number of nitrogens with zero attached hydrogens (tertiary/aromatic N) is 3. The number of halogens is 1. The molecule has 0 atom stereocenters. The fourth-order valence-electron chi connectivity index (χ4n) is 2.65. The van der Waals surface area contributed by atoms with Gasteiger partial charge < -0.3 is 18.6 Å². The van der Waals surface area contributed by atoms with E-state index in [2.05, 4.69) is 15.2 Å². The van der Waals surface area contributed by atoms with Gasteiger partial charge in [-0.2, -0.15) is 0 Å². The number of thioether (sulfide) groups is 1. The second kappa shape index (κ2) is 10.0. The third-order valence-electron chi connectivity index (χ3n) is 4.16. The molecule has 160 valence electrons. The van der Waals surface area contributed by atoms with Crippen molar-refractivity contribution in [3.63, 3.8) is 0 Å². The van der Waals surface area contributed by atoms with Crippen LogP contribution in [0.5, 0.6) is 17.2 Å². The Hall–Kier alpha value is -2.75. The first-order valence-electron chi connectivity index (χ1n) is 9.15. The second-order valence-corrected chi connectivity index (χ2v) is 8.51. The van der Waals surface area contributed by atoms with Crippen LogP contribution < -0.4 is 14.2 Å². The summed E-state index contributed by atoms with van der Waals surface area (Å²) in [5.41, 5.74) is 1.63. The van der Waals surface area contributed by atoms with Crippen molar-refractivity contribution in [1.29, 1.82) is 0 Å². The van der Waals surface area contributed by atoms with Gasteiger partial charge in [-0.05, 0) is 36.4 Å². The Balaban J connectivity index is 1.34. The molecule has 7 nitrogen and oxygen atoms in total. The minimum atomic E-state index is 0.386. The fraction of sp³-hybridized carbons (Fsp3) is 0.190. The number of methoxy groups -OCH3 is 2. The maximum absolute atomic E-state index is 5.88. The third kappa shape index (κ3) is 5.49. The van der Waals surface area contributed by atoms with Crippen molar-refractivity contribution in [3.8, 4) is 28.7 Å². The SMILES string of the molecule is COc1ccc(-c2nnc(SCc3csc(COc4ccc(Cl)cc4)n3)o2)c(OC)c1. The molecular weight excluding hydrogens is 458 g/mol. The lowest BCUT2D eigenvalue weighted by molar-refractivity contribution is 0.305. The van der Waals surface area contributed by atoms with Crippen LogP contribution in [-0.4, -0.2) is 29.4 Å². The van der Waals surface area contributed by atoms with Crippen molar-refractivity contribution >= 4 is 34.7 Å². The van der Waals surface area contributed by atoms with Crippen molar-refractivity contribution < 1.29 is 18.6 Å². The molecule has 0 N–H and O–H groups in total. The Morgan fingerprint density at radius 2 is 1.84 bits per heavy atom. The zero-order valence-corrected chi connectivity index (χ0v) is 19.1. The van der Waals surface area contributed by atoms with Gasteiger partial charge in [-0.15, -0.1) is 21.5 Å². The van der Waals surface area contributed by atoms with Crippen molar-refractivity contribution in [3.05, 3.63) is 63.6 Å². The summed E-state index contributed by atoms with van der Waals surface area (Å²) in [6.45, 7) is 0.402. The lowest BCUT2D eigenvalue weighted by atomic mass is 10.2. The van der Waals surface area contributed by atoms with Crippen LogP contribution in [0.3, 0.4) is 0 Å². The van der Waals surface area contributed by atoms with Crippen LogP contribution in [0.4, 0.5) is 0 Å². The molecule has 0 spiro atoms. The van der Waals surface area contributed by atoms with E-state index in [9.17, 15) is 0 Å². The monoisotopic (exact) mass is 475 g/mol. The van der Waals surface area contributed by atoms with Crippen molar-refractivity contribution in [1.82, 2.24) is 15.2 Å². The van der Waals surface area contributed by atoms with Gasteiger partial charge in [0.2, 0.25) is 0 Å². The molecule has 0 fully saturated rings. The highest BCUT2D eigenvalue weighted by atomic mass is 35.5. The van der Waals surface area contributed by atoms with Crippen LogP contribution >= 0.6 is 34.7 Å². The van der Waals surface area contributed by atoms with Crippen molar-refractivity contribution in [2.24, 2.45) is 0 Å². The van der Waals surface area contributed by atoms with E-state index in [1.54, 1.807) is 43.8 Å². The Morgan fingerprint density at radius 3 is 2.61 bits per heavy atom. The number of hydrogen-bond donors (Lipinski definition) is 0. The Kier molecular flexibility index (Phi) is 6.96. The molecule has 0 saturated carbocycles. The molecule has 31 heavy (non-hydrogen) atoms. The van der Waals surface area contributed by atoms with E-state index >= 15 is 0 Å². The lowest BCUT2D eigenvalue weighted by Gasteiger charge is -2.07. The van der Waals surface area contributed by atoms with E-state index in [1.165, 1.54) is 11.8 Å². The minimum Gasteiger partial charge on any atom is -0.497 e. The van der Waals surface area contributed by atoms with E-state index in [-0.39, 0.29) is 0 Å². The van der Waals surface area contributed by atoms with Crippen LogP contribution in [0.1, 0.15) is 10.7 Å². The summed E-state index contributed by atoms with van der Waals surface area (Å²) >= 11 is 8.85. The van der Waals surface area contributed by atoms with E-state index in [4.69, 9.17) is 30.2 Å². The molecule has 0 amide bonds. The van der Waals surface area contributed by atoms with Crippen LogP contribution in [-0.2, 0) is 12.4 Å². The van der Waals surface area contributed by atoms with Gasteiger partial charge in [-0.1, -0.05) is 23.4 Å². The smallest absolute Gasteiger partial charge is 0.277 e. The average molecular weight is 476 g/mol. The van der Waals surface area contributed by atoms with Gasteiger partial charge in [-0.3, -0.25) is 0 Å². The fourth-order valence-corrected chi connectivity index (χ4v) is 4.24. The summed E-state index contributed by atoms with van der Waals surface area (Å²) in [5, 5.41) is 12.3. The topological polar surface area (TPSA) is 79.5 Å². The molecule has 4 aromatic rings. The molecule has 0 bridgehead atoms. The van der Waals surface area contributed by atoms with Crippen molar-refractivity contribution in [2.75, 3.05) is 14.2 Å². The van der Waals surface area contributed by atoms with E-state index in [0.29, 0.717) is 45.6 Å². The van der Waals surface area contributed by atoms with Crippen LogP contribution in [0.25, 0.3) is 11.5 Å². The molecule has 0 saturated heterocycles. The second-order valence-electron chi connectivity index (χ2n) is 6.20. The zero-order valence-electron chi connectivity index (χ0n) is 16.7. The van der Waals surface area contributed by atoms with E-state index in [0.717, 1.165) is 16.5 Å². The van der Waals surface area contributed by atoms with E-state index in [1.807, 2.05) is 29.6 Å². The van der Waals surface area contributed by atoms with E-state index < -0.39 is 0 Å². The molecule has 0 aliphatic rings. The highest BCUT2D eigenvalue weighted by Gasteiger charge is 2.15. The number of hydrogen-bond acceptors (Lipinski definition) is 9. The van der Waals surface area contributed by atoms with Gasteiger partial charge in [0.1, 0.15) is 28.9 Å². The van der Waals surface area contributed by atoms with Gasteiger partial charge in [0.15, 0.2) is 0 Å². The molecule has 2 aromatic carbocycles. The molecule has 0 unspecified atom stereocenters. The normalized spacial score (nSPS) is 10.8.